The van der Waals surface area contributed by atoms with Crippen LogP contribution < -0.4 is 10.9 Å². The third kappa shape index (κ3) is 4.37. The molecule has 0 spiro atoms. The maximum absolute atomic E-state index is 13.0. The van der Waals surface area contributed by atoms with Gasteiger partial charge in [-0.3, -0.25) is 9.36 Å². The van der Waals surface area contributed by atoms with Gasteiger partial charge in [0.25, 0.3) is 5.56 Å². The Morgan fingerprint density at radius 3 is 2.54 bits per heavy atom. The van der Waals surface area contributed by atoms with Crippen LogP contribution in [-0.4, -0.2) is 14.8 Å². The molecule has 5 nitrogen and oxygen atoms in total. The van der Waals surface area contributed by atoms with E-state index in [2.05, 4.69) is 22.1 Å². The van der Waals surface area contributed by atoms with Crippen molar-refractivity contribution in [3.05, 3.63) is 89.0 Å². The SMILES string of the molecule is C=CCn1c(SCc2ccc(F)cc2)nnc(Nc2ccccc2)c1=O. The van der Waals surface area contributed by atoms with Crippen LogP contribution in [0, 0.1) is 5.82 Å². The van der Waals surface area contributed by atoms with Gasteiger partial charge in [-0.1, -0.05) is 48.2 Å². The lowest BCUT2D eigenvalue weighted by molar-refractivity contribution is 0.625. The van der Waals surface area contributed by atoms with Crippen molar-refractivity contribution in [1.82, 2.24) is 14.8 Å². The Bertz CT molecular complexity index is 942. The average molecular weight is 368 g/mol. The van der Waals surface area contributed by atoms with Gasteiger partial charge in [-0.25, -0.2) is 4.39 Å². The third-order valence-corrected chi connectivity index (χ3v) is 4.58. The van der Waals surface area contributed by atoms with Crippen LogP contribution in [0.15, 0.2) is 77.2 Å². The first kappa shape index (κ1) is 17.9. The van der Waals surface area contributed by atoms with E-state index in [1.165, 1.54) is 28.5 Å². The summed E-state index contributed by atoms with van der Waals surface area (Å²) in [5.74, 6) is 0.430. The summed E-state index contributed by atoms with van der Waals surface area (Å²) in [6.45, 7) is 4.02. The van der Waals surface area contributed by atoms with E-state index in [9.17, 15) is 9.18 Å². The van der Waals surface area contributed by atoms with E-state index in [1.54, 1.807) is 18.2 Å². The highest BCUT2D eigenvalue weighted by Gasteiger charge is 2.12. The van der Waals surface area contributed by atoms with Crippen molar-refractivity contribution in [1.29, 1.82) is 0 Å². The van der Waals surface area contributed by atoms with Gasteiger partial charge in [-0.2, -0.15) is 0 Å². The van der Waals surface area contributed by atoms with E-state index in [0.29, 0.717) is 17.5 Å². The summed E-state index contributed by atoms with van der Waals surface area (Å²) < 4.78 is 14.5. The molecule has 26 heavy (non-hydrogen) atoms. The Labute approximate surface area is 154 Å². The number of hydrogen-bond donors (Lipinski definition) is 1. The Morgan fingerprint density at radius 2 is 1.85 bits per heavy atom. The van der Waals surface area contributed by atoms with Crippen molar-refractivity contribution in [3.63, 3.8) is 0 Å². The maximum Gasteiger partial charge on any atom is 0.297 e. The average Bonchev–Trinajstić information content (AvgIpc) is 2.66. The molecule has 7 heteroatoms. The smallest absolute Gasteiger partial charge is 0.297 e. The van der Waals surface area contributed by atoms with Crippen LogP contribution in [0.5, 0.6) is 0 Å². The molecule has 1 N–H and O–H groups in total. The summed E-state index contributed by atoms with van der Waals surface area (Å²) in [4.78, 5) is 12.7. The number of halogens is 1. The van der Waals surface area contributed by atoms with E-state index < -0.39 is 0 Å². The second-order valence-corrected chi connectivity index (χ2v) is 6.38. The normalized spacial score (nSPS) is 10.5. The van der Waals surface area contributed by atoms with E-state index >= 15 is 0 Å². The topological polar surface area (TPSA) is 59.8 Å². The lowest BCUT2D eigenvalue weighted by atomic mass is 10.2. The summed E-state index contributed by atoms with van der Waals surface area (Å²) in [5, 5.41) is 11.7. The minimum absolute atomic E-state index is 0.157. The molecular formula is C19H17FN4OS. The molecule has 3 aromatic rings. The van der Waals surface area contributed by atoms with Gasteiger partial charge in [-0.15, -0.1) is 16.8 Å². The van der Waals surface area contributed by atoms with Crippen molar-refractivity contribution in [2.75, 3.05) is 5.32 Å². The molecule has 0 saturated heterocycles. The quantitative estimate of drug-likeness (QED) is 0.505. The first-order chi connectivity index (χ1) is 12.7. The van der Waals surface area contributed by atoms with Gasteiger partial charge in [0.05, 0.1) is 0 Å². The van der Waals surface area contributed by atoms with Crippen LogP contribution in [0.3, 0.4) is 0 Å². The van der Waals surface area contributed by atoms with E-state index in [1.807, 2.05) is 30.3 Å². The number of aromatic nitrogens is 3. The first-order valence-electron chi connectivity index (χ1n) is 7.95. The van der Waals surface area contributed by atoms with Gasteiger partial charge in [0.15, 0.2) is 5.16 Å². The predicted octanol–water partition coefficient (Wildman–Crippen LogP) is 4.00. The van der Waals surface area contributed by atoms with Crippen molar-refractivity contribution < 1.29 is 4.39 Å². The number of thioether (sulfide) groups is 1. The monoisotopic (exact) mass is 368 g/mol. The lowest BCUT2D eigenvalue weighted by Gasteiger charge is -2.11. The number of anilines is 2. The van der Waals surface area contributed by atoms with Crippen LogP contribution in [0.1, 0.15) is 5.56 Å². The number of nitrogens with one attached hydrogen (secondary N) is 1. The summed E-state index contributed by atoms with van der Waals surface area (Å²) >= 11 is 1.37. The zero-order chi connectivity index (χ0) is 18.4. The predicted molar refractivity (Wildman–Crippen MR) is 102 cm³/mol. The minimum Gasteiger partial charge on any atom is -0.334 e. The Kier molecular flexibility index (Phi) is 5.80. The second-order valence-electron chi connectivity index (χ2n) is 5.44. The van der Waals surface area contributed by atoms with E-state index in [0.717, 1.165) is 11.3 Å². The summed E-state index contributed by atoms with van der Waals surface area (Å²) in [7, 11) is 0. The van der Waals surface area contributed by atoms with Crippen molar-refractivity contribution in [3.8, 4) is 0 Å². The number of rotatable bonds is 7. The Morgan fingerprint density at radius 1 is 1.12 bits per heavy atom. The maximum atomic E-state index is 13.0. The molecular weight excluding hydrogens is 351 g/mol. The van der Waals surface area contributed by atoms with Crippen LogP contribution in [-0.2, 0) is 12.3 Å². The molecule has 0 fully saturated rings. The molecule has 1 heterocycles. The van der Waals surface area contributed by atoms with Gasteiger partial charge < -0.3 is 5.32 Å². The highest BCUT2D eigenvalue weighted by atomic mass is 32.2. The molecule has 0 aliphatic carbocycles. The Balaban J connectivity index is 1.83. The van der Waals surface area contributed by atoms with Crippen molar-refractivity contribution in [2.45, 2.75) is 17.5 Å². The van der Waals surface area contributed by atoms with Crippen LogP contribution in [0.4, 0.5) is 15.9 Å². The fraction of sp³-hybridized carbons (Fsp3) is 0.105. The lowest BCUT2D eigenvalue weighted by Crippen LogP contribution is -2.26. The number of allylic oxidation sites excluding steroid dienone is 1. The fourth-order valence-electron chi connectivity index (χ4n) is 2.27. The van der Waals surface area contributed by atoms with Gasteiger partial charge >= 0.3 is 0 Å². The fourth-order valence-corrected chi connectivity index (χ4v) is 3.17. The van der Waals surface area contributed by atoms with Crippen molar-refractivity contribution in [2.24, 2.45) is 0 Å². The summed E-state index contributed by atoms with van der Waals surface area (Å²) in [6, 6.07) is 15.5. The highest BCUT2D eigenvalue weighted by Crippen LogP contribution is 2.20. The molecule has 0 aliphatic heterocycles. The number of nitrogens with zero attached hydrogens (tertiary/aromatic N) is 3. The summed E-state index contributed by atoms with van der Waals surface area (Å²) in [6.07, 6.45) is 1.64. The van der Waals surface area contributed by atoms with Gasteiger partial charge in [0.1, 0.15) is 5.82 Å². The second kappa shape index (κ2) is 8.44. The molecule has 0 atom stereocenters. The molecule has 0 saturated carbocycles. The standard InChI is InChI=1S/C19H17FN4OS/c1-2-12-24-18(25)17(21-16-6-4-3-5-7-16)22-23-19(24)26-13-14-8-10-15(20)11-9-14/h2-11H,1,12-13H2,(H,21,22). The van der Waals surface area contributed by atoms with Gasteiger partial charge in [0.2, 0.25) is 5.82 Å². The van der Waals surface area contributed by atoms with E-state index in [-0.39, 0.29) is 17.2 Å². The molecule has 1 aromatic heterocycles. The molecule has 0 aliphatic rings. The molecule has 0 unspecified atom stereocenters. The highest BCUT2D eigenvalue weighted by molar-refractivity contribution is 7.98. The van der Waals surface area contributed by atoms with Gasteiger partial charge in [0, 0.05) is 18.0 Å². The minimum atomic E-state index is -0.279. The van der Waals surface area contributed by atoms with Crippen LogP contribution in [0.2, 0.25) is 0 Å². The molecule has 0 radical (unpaired) electrons. The number of hydrogen-bond acceptors (Lipinski definition) is 5. The zero-order valence-electron chi connectivity index (χ0n) is 13.9. The molecule has 0 amide bonds. The van der Waals surface area contributed by atoms with Crippen LogP contribution >= 0.6 is 11.8 Å². The Hall–Kier alpha value is -2.93. The number of benzene rings is 2. The molecule has 0 bridgehead atoms. The zero-order valence-corrected chi connectivity index (χ0v) is 14.7. The van der Waals surface area contributed by atoms with E-state index in [4.69, 9.17) is 0 Å². The largest absolute Gasteiger partial charge is 0.334 e. The molecule has 3 rings (SSSR count). The molecule has 2 aromatic carbocycles. The van der Waals surface area contributed by atoms with Crippen molar-refractivity contribution >= 4 is 23.3 Å². The molecule has 132 valence electrons. The number of para-hydroxylation sites is 1. The van der Waals surface area contributed by atoms with Gasteiger partial charge in [-0.05, 0) is 29.8 Å². The van der Waals surface area contributed by atoms with Crippen LogP contribution in [0.25, 0.3) is 0 Å². The first-order valence-corrected chi connectivity index (χ1v) is 8.93. The third-order valence-electron chi connectivity index (χ3n) is 3.54. The summed E-state index contributed by atoms with van der Waals surface area (Å²) in [5.41, 5.74) is 1.42.